The Morgan fingerprint density at radius 3 is 2.48 bits per heavy atom. The second-order valence-electron chi connectivity index (χ2n) is 6.23. The van der Waals surface area contributed by atoms with Gasteiger partial charge in [-0.25, -0.2) is 0 Å². The van der Waals surface area contributed by atoms with Crippen LogP contribution in [0.4, 0.5) is 0 Å². The van der Waals surface area contributed by atoms with Crippen LogP contribution in [0.25, 0.3) is 11.1 Å². The van der Waals surface area contributed by atoms with Crippen LogP contribution in [0.5, 0.6) is 0 Å². The van der Waals surface area contributed by atoms with Crippen molar-refractivity contribution >= 4 is 5.91 Å². The maximum atomic E-state index is 12.5. The fraction of sp³-hybridized carbons (Fsp3) is 0.0909. The molecule has 4 rings (SSSR count). The minimum absolute atomic E-state index is 0.223. The summed E-state index contributed by atoms with van der Waals surface area (Å²) in [6, 6.07) is 21.6. The van der Waals surface area contributed by atoms with Crippen LogP contribution in [0.15, 0.2) is 89.8 Å². The highest BCUT2D eigenvalue weighted by atomic mass is 16.3. The minimum atomic E-state index is -0.223. The summed E-state index contributed by atoms with van der Waals surface area (Å²) < 4.78 is 7.30. The summed E-state index contributed by atoms with van der Waals surface area (Å²) in [5, 5.41) is 7.13. The van der Waals surface area contributed by atoms with Crippen molar-refractivity contribution in [3.63, 3.8) is 0 Å². The zero-order valence-electron chi connectivity index (χ0n) is 14.7. The highest BCUT2D eigenvalue weighted by Crippen LogP contribution is 2.24. The van der Waals surface area contributed by atoms with Gasteiger partial charge in [-0.15, -0.1) is 0 Å². The molecule has 2 aromatic carbocycles. The number of benzene rings is 2. The van der Waals surface area contributed by atoms with E-state index in [9.17, 15) is 4.79 Å². The largest absolute Gasteiger partial charge is 0.459 e. The zero-order chi connectivity index (χ0) is 18.5. The number of hydrogen-bond donors (Lipinski definition) is 1. The summed E-state index contributed by atoms with van der Waals surface area (Å²) in [5.41, 5.74) is 3.94. The predicted octanol–water partition coefficient (Wildman–Crippen LogP) is 4.12. The van der Waals surface area contributed by atoms with Gasteiger partial charge in [0.25, 0.3) is 5.91 Å². The molecule has 0 unspecified atom stereocenters. The van der Waals surface area contributed by atoms with E-state index in [4.69, 9.17) is 4.42 Å². The highest BCUT2D eigenvalue weighted by molar-refractivity contribution is 5.98. The van der Waals surface area contributed by atoms with Crippen molar-refractivity contribution in [1.29, 1.82) is 0 Å². The smallest absolute Gasteiger partial charge is 0.287 e. The molecule has 2 heterocycles. The van der Waals surface area contributed by atoms with E-state index in [1.54, 1.807) is 12.5 Å². The van der Waals surface area contributed by atoms with Crippen LogP contribution in [0.1, 0.15) is 21.7 Å². The maximum Gasteiger partial charge on any atom is 0.287 e. The van der Waals surface area contributed by atoms with E-state index in [-0.39, 0.29) is 5.91 Å². The van der Waals surface area contributed by atoms with Crippen LogP contribution in [0.3, 0.4) is 0 Å². The first-order chi connectivity index (χ1) is 13.3. The summed E-state index contributed by atoms with van der Waals surface area (Å²) in [7, 11) is 0. The van der Waals surface area contributed by atoms with Crippen molar-refractivity contribution in [2.75, 3.05) is 0 Å². The van der Waals surface area contributed by atoms with Crippen molar-refractivity contribution in [2.45, 2.75) is 13.1 Å². The number of carbonyl (C=O) groups is 1. The summed E-state index contributed by atoms with van der Waals surface area (Å²) >= 11 is 0. The van der Waals surface area contributed by atoms with Crippen LogP contribution in [0, 0.1) is 0 Å². The van der Waals surface area contributed by atoms with Crippen molar-refractivity contribution in [3.05, 3.63) is 102 Å². The molecule has 1 amide bonds. The van der Waals surface area contributed by atoms with Gasteiger partial charge >= 0.3 is 0 Å². The van der Waals surface area contributed by atoms with E-state index in [0.717, 1.165) is 28.8 Å². The Bertz CT molecular complexity index is 1000. The lowest BCUT2D eigenvalue weighted by Crippen LogP contribution is -2.22. The molecular weight excluding hydrogens is 338 g/mol. The standard InChI is InChI=1S/C22H19N3O2/c26-22(21-20(11-14-27-21)19-5-2-1-3-6-19)23-15-17-7-9-18(10-8-17)16-25-13-4-12-24-25/h1-14H,15-16H2,(H,23,26). The van der Waals surface area contributed by atoms with E-state index >= 15 is 0 Å². The highest BCUT2D eigenvalue weighted by Gasteiger charge is 2.16. The van der Waals surface area contributed by atoms with Gasteiger partial charge in [0.1, 0.15) is 0 Å². The summed E-state index contributed by atoms with van der Waals surface area (Å²) in [4.78, 5) is 12.5. The fourth-order valence-corrected chi connectivity index (χ4v) is 2.94. The second kappa shape index (κ2) is 7.74. The van der Waals surface area contributed by atoms with Crippen LogP contribution in [-0.2, 0) is 13.1 Å². The molecule has 0 spiro atoms. The zero-order valence-corrected chi connectivity index (χ0v) is 14.7. The monoisotopic (exact) mass is 357 g/mol. The second-order valence-corrected chi connectivity index (χ2v) is 6.23. The molecule has 0 aliphatic heterocycles. The van der Waals surface area contributed by atoms with E-state index < -0.39 is 0 Å². The molecule has 2 aromatic heterocycles. The molecule has 0 fully saturated rings. The quantitative estimate of drug-likeness (QED) is 0.565. The Morgan fingerprint density at radius 2 is 1.74 bits per heavy atom. The lowest BCUT2D eigenvalue weighted by Gasteiger charge is -2.07. The Morgan fingerprint density at radius 1 is 0.963 bits per heavy atom. The normalized spacial score (nSPS) is 10.7. The third kappa shape index (κ3) is 3.98. The number of aromatic nitrogens is 2. The van der Waals surface area contributed by atoms with E-state index in [2.05, 4.69) is 10.4 Å². The number of hydrogen-bond acceptors (Lipinski definition) is 3. The van der Waals surface area contributed by atoms with Crippen molar-refractivity contribution in [2.24, 2.45) is 0 Å². The molecule has 5 heteroatoms. The molecule has 0 aliphatic carbocycles. The van der Waals surface area contributed by atoms with Crippen molar-refractivity contribution in [1.82, 2.24) is 15.1 Å². The molecule has 27 heavy (non-hydrogen) atoms. The summed E-state index contributed by atoms with van der Waals surface area (Å²) in [6.45, 7) is 1.17. The number of nitrogens with one attached hydrogen (secondary N) is 1. The van der Waals surface area contributed by atoms with Crippen LogP contribution in [0.2, 0.25) is 0 Å². The van der Waals surface area contributed by atoms with Gasteiger partial charge in [-0.3, -0.25) is 9.48 Å². The first-order valence-electron chi connectivity index (χ1n) is 8.76. The topological polar surface area (TPSA) is 60.1 Å². The van der Waals surface area contributed by atoms with Gasteiger partial charge in [-0.2, -0.15) is 5.10 Å². The van der Waals surface area contributed by atoms with Gasteiger partial charge in [0.2, 0.25) is 0 Å². The average Bonchev–Trinajstić information content (AvgIpc) is 3.40. The number of furan rings is 1. The number of amides is 1. The van der Waals surface area contributed by atoms with Crippen molar-refractivity contribution < 1.29 is 9.21 Å². The van der Waals surface area contributed by atoms with E-state index in [0.29, 0.717) is 12.3 Å². The van der Waals surface area contributed by atoms with Crippen LogP contribution in [-0.4, -0.2) is 15.7 Å². The summed E-state index contributed by atoms with van der Waals surface area (Å²) in [5.74, 6) is 0.107. The molecule has 0 saturated heterocycles. The molecule has 134 valence electrons. The van der Waals surface area contributed by atoms with Gasteiger partial charge in [0, 0.05) is 24.5 Å². The Hall–Kier alpha value is -3.60. The molecule has 0 bridgehead atoms. The van der Waals surface area contributed by atoms with E-state index in [1.807, 2.05) is 77.6 Å². The molecule has 0 aliphatic rings. The van der Waals surface area contributed by atoms with Crippen LogP contribution < -0.4 is 5.32 Å². The fourth-order valence-electron chi connectivity index (χ4n) is 2.94. The third-order valence-corrected chi connectivity index (χ3v) is 4.34. The van der Waals surface area contributed by atoms with Gasteiger partial charge in [0.05, 0.1) is 12.8 Å². The Labute approximate surface area is 157 Å². The van der Waals surface area contributed by atoms with Crippen molar-refractivity contribution in [3.8, 4) is 11.1 Å². The third-order valence-electron chi connectivity index (χ3n) is 4.34. The SMILES string of the molecule is O=C(NCc1ccc(Cn2cccn2)cc1)c1occc1-c1ccccc1. The summed E-state index contributed by atoms with van der Waals surface area (Å²) in [6.07, 6.45) is 5.24. The first-order valence-corrected chi connectivity index (χ1v) is 8.76. The van der Waals surface area contributed by atoms with Gasteiger partial charge < -0.3 is 9.73 Å². The number of nitrogens with zero attached hydrogens (tertiary/aromatic N) is 2. The molecule has 4 aromatic rings. The molecule has 0 atom stereocenters. The number of carbonyl (C=O) groups excluding carboxylic acids is 1. The lowest BCUT2D eigenvalue weighted by molar-refractivity contribution is 0.0924. The minimum Gasteiger partial charge on any atom is -0.459 e. The van der Waals surface area contributed by atoms with Gasteiger partial charge in [-0.05, 0) is 28.8 Å². The first kappa shape index (κ1) is 16.8. The van der Waals surface area contributed by atoms with Gasteiger partial charge in [-0.1, -0.05) is 54.6 Å². The predicted molar refractivity (Wildman–Crippen MR) is 103 cm³/mol. The molecule has 0 saturated carbocycles. The molecule has 1 N–H and O–H groups in total. The van der Waals surface area contributed by atoms with Gasteiger partial charge in [0.15, 0.2) is 5.76 Å². The average molecular weight is 357 g/mol. The molecule has 5 nitrogen and oxygen atoms in total. The molecular formula is C22H19N3O2. The van der Waals surface area contributed by atoms with Crippen LogP contribution >= 0.6 is 0 Å². The maximum absolute atomic E-state index is 12.5. The number of rotatable bonds is 6. The molecule has 0 radical (unpaired) electrons. The lowest BCUT2D eigenvalue weighted by atomic mass is 10.1. The van der Waals surface area contributed by atoms with E-state index in [1.165, 1.54) is 0 Å². The Balaban J connectivity index is 1.39. The Kier molecular flexibility index (Phi) is 4.83.